The Morgan fingerprint density at radius 1 is 1.15 bits per heavy atom. The van der Waals surface area contributed by atoms with Crippen LogP contribution in [0.15, 0.2) is 59.8 Å². The van der Waals surface area contributed by atoms with Gasteiger partial charge in [0.25, 0.3) is 0 Å². The van der Waals surface area contributed by atoms with Gasteiger partial charge in [0.1, 0.15) is 5.82 Å². The molecule has 0 radical (unpaired) electrons. The quantitative estimate of drug-likeness (QED) is 0.628. The minimum atomic E-state index is -0.330. The SMILES string of the molecule is CCn1c(S[C@H](C)C(=O)NCc2ccc(F)cc2)nnc1-c1ccccc1. The monoisotopic (exact) mass is 384 g/mol. The van der Waals surface area contributed by atoms with Crippen LogP contribution in [0.3, 0.4) is 0 Å². The zero-order chi connectivity index (χ0) is 19.2. The van der Waals surface area contributed by atoms with Crippen molar-refractivity contribution in [3.8, 4) is 11.4 Å². The van der Waals surface area contributed by atoms with E-state index < -0.39 is 0 Å². The predicted octanol–water partition coefficient (Wildman–Crippen LogP) is 3.90. The van der Waals surface area contributed by atoms with Gasteiger partial charge in [0, 0.05) is 18.7 Å². The summed E-state index contributed by atoms with van der Waals surface area (Å²) in [4.78, 5) is 12.4. The summed E-state index contributed by atoms with van der Waals surface area (Å²) in [5.41, 5.74) is 1.84. The van der Waals surface area contributed by atoms with E-state index in [9.17, 15) is 9.18 Å². The molecule has 0 spiro atoms. The molecule has 7 heteroatoms. The Morgan fingerprint density at radius 2 is 1.85 bits per heavy atom. The van der Waals surface area contributed by atoms with Crippen LogP contribution in [0.25, 0.3) is 11.4 Å². The molecule has 1 amide bonds. The van der Waals surface area contributed by atoms with E-state index in [4.69, 9.17) is 0 Å². The molecule has 0 fully saturated rings. The van der Waals surface area contributed by atoms with Gasteiger partial charge in [0.05, 0.1) is 5.25 Å². The van der Waals surface area contributed by atoms with Crippen molar-refractivity contribution in [1.82, 2.24) is 20.1 Å². The Morgan fingerprint density at radius 3 is 2.52 bits per heavy atom. The molecule has 2 aromatic carbocycles. The summed E-state index contributed by atoms with van der Waals surface area (Å²) in [5, 5.41) is 11.8. The molecule has 1 N–H and O–H groups in total. The Hall–Kier alpha value is -2.67. The molecule has 3 aromatic rings. The van der Waals surface area contributed by atoms with Gasteiger partial charge in [-0.05, 0) is 31.5 Å². The van der Waals surface area contributed by atoms with Gasteiger partial charge in [-0.25, -0.2) is 4.39 Å². The summed E-state index contributed by atoms with van der Waals surface area (Å²) in [6.07, 6.45) is 0. The molecular weight excluding hydrogens is 363 g/mol. The number of hydrogen-bond donors (Lipinski definition) is 1. The van der Waals surface area contributed by atoms with Crippen LogP contribution in [0, 0.1) is 5.82 Å². The lowest BCUT2D eigenvalue weighted by Crippen LogP contribution is -2.30. The number of nitrogens with one attached hydrogen (secondary N) is 1. The van der Waals surface area contributed by atoms with Crippen molar-refractivity contribution in [2.24, 2.45) is 0 Å². The van der Waals surface area contributed by atoms with Crippen LogP contribution in [0.1, 0.15) is 19.4 Å². The number of nitrogens with zero attached hydrogens (tertiary/aromatic N) is 3. The number of aromatic nitrogens is 3. The van der Waals surface area contributed by atoms with Crippen LogP contribution in [-0.4, -0.2) is 25.9 Å². The van der Waals surface area contributed by atoms with Crippen molar-refractivity contribution in [3.05, 3.63) is 66.0 Å². The van der Waals surface area contributed by atoms with Crippen molar-refractivity contribution < 1.29 is 9.18 Å². The van der Waals surface area contributed by atoms with Crippen LogP contribution < -0.4 is 5.32 Å². The lowest BCUT2D eigenvalue weighted by atomic mass is 10.2. The molecule has 1 atom stereocenters. The third-order valence-corrected chi connectivity index (χ3v) is 5.18. The van der Waals surface area contributed by atoms with Gasteiger partial charge in [-0.1, -0.05) is 54.2 Å². The highest BCUT2D eigenvalue weighted by Gasteiger charge is 2.20. The average Bonchev–Trinajstić information content (AvgIpc) is 3.10. The van der Waals surface area contributed by atoms with Gasteiger partial charge in [-0.15, -0.1) is 10.2 Å². The number of carbonyl (C=O) groups excluding carboxylic acids is 1. The topological polar surface area (TPSA) is 59.8 Å². The smallest absolute Gasteiger partial charge is 0.233 e. The number of halogens is 1. The zero-order valence-electron chi connectivity index (χ0n) is 15.2. The number of hydrogen-bond acceptors (Lipinski definition) is 4. The molecular formula is C20H21FN4OS. The number of thioether (sulfide) groups is 1. The molecule has 3 rings (SSSR count). The van der Waals surface area contributed by atoms with Gasteiger partial charge in [-0.3, -0.25) is 4.79 Å². The Bertz CT molecular complexity index is 896. The number of amides is 1. The van der Waals surface area contributed by atoms with Crippen LogP contribution >= 0.6 is 11.8 Å². The molecule has 1 aromatic heterocycles. The van der Waals surface area contributed by atoms with Crippen molar-refractivity contribution in [3.63, 3.8) is 0 Å². The fraction of sp³-hybridized carbons (Fsp3) is 0.250. The molecule has 0 aliphatic rings. The Balaban J connectivity index is 1.65. The third kappa shape index (κ3) is 4.74. The maximum atomic E-state index is 12.9. The van der Waals surface area contributed by atoms with Gasteiger partial charge in [0.2, 0.25) is 5.91 Å². The molecule has 1 heterocycles. The van der Waals surface area contributed by atoms with Gasteiger partial charge < -0.3 is 9.88 Å². The highest BCUT2D eigenvalue weighted by atomic mass is 32.2. The van der Waals surface area contributed by atoms with Crippen LogP contribution in [0.4, 0.5) is 4.39 Å². The number of carbonyl (C=O) groups is 1. The van der Waals surface area contributed by atoms with E-state index >= 15 is 0 Å². The van der Waals surface area contributed by atoms with E-state index in [2.05, 4.69) is 15.5 Å². The van der Waals surface area contributed by atoms with Crippen molar-refractivity contribution in [2.45, 2.75) is 37.3 Å². The molecule has 0 saturated heterocycles. The molecule has 0 aliphatic carbocycles. The maximum Gasteiger partial charge on any atom is 0.233 e. The van der Waals surface area contributed by atoms with Gasteiger partial charge >= 0.3 is 0 Å². The van der Waals surface area contributed by atoms with Gasteiger partial charge in [0.15, 0.2) is 11.0 Å². The van der Waals surface area contributed by atoms with Gasteiger partial charge in [-0.2, -0.15) is 0 Å². The highest BCUT2D eigenvalue weighted by molar-refractivity contribution is 8.00. The highest BCUT2D eigenvalue weighted by Crippen LogP contribution is 2.26. The van der Waals surface area contributed by atoms with E-state index in [-0.39, 0.29) is 17.0 Å². The summed E-state index contributed by atoms with van der Waals surface area (Å²) in [6.45, 7) is 4.93. The molecule has 0 aliphatic heterocycles. The van der Waals surface area contributed by atoms with Crippen molar-refractivity contribution >= 4 is 17.7 Å². The zero-order valence-corrected chi connectivity index (χ0v) is 16.0. The first kappa shape index (κ1) is 19.1. The predicted molar refractivity (Wildman–Crippen MR) is 105 cm³/mol. The van der Waals surface area contributed by atoms with Crippen molar-refractivity contribution in [1.29, 1.82) is 0 Å². The lowest BCUT2D eigenvalue weighted by molar-refractivity contribution is -0.120. The first-order valence-corrected chi connectivity index (χ1v) is 9.64. The normalized spacial score (nSPS) is 12.0. The molecule has 140 valence electrons. The fourth-order valence-electron chi connectivity index (χ4n) is 2.61. The van der Waals surface area contributed by atoms with Crippen LogP contribution in [0.2, 0.25) is 0 Å². The lowest BCUT2D eigenvalue weighted by Gasteiger charge is -2.13. The van der Waals surface area contributed by atoms with E-state index in [1.807, 2.05) is 48.7 Å². The van der Waals surface area contributed by atoms with E-state index in [0.717, 1.165) is 17.0 Å². The van der Waals surface area contributed by atoms with E-state index in [1.54, 1.807) is 12.1 Å². The third-order valence-electron chi connectivity index (χ3n) is 4.10. The molecule has 0 bridgehead atoms. The second-order valence-corrected chi connectivity index (χ2v) is 7.33. The van der Waals surface area contributed by atoms with Crippen LogP contribution in [0.5, 0.6) is 0 Å². The molecule has 0 saturated carbocycles. The number of benzene rings is 2. The minimum Gasteiger partial charge on any atom is -0.351 e. The Kier molecular flexibility index (Phi) is 6.24. The summed E-state index contributed by atoms with van der Waals surface area (Å²) in [5.74, 6) is 0.401. The fourth-order valence-corrected chi connectivity index (χ4v) is 3.55. The maximum absolute atomic E-state index is 12.9. The second-order valence-electron chi connectivity index (χ2n) is 6.02. The largest absolute Gasteiger partial charge is 0.351 e. The summed E-state index contributed by atoms with van der Waals surface area (Å²) >= 11 is 1.37. The number of rotatable bonds is 7. The first-order chi connectivity index (χ1) is 13.1. The Labute approximate surface area is 162 Å². The van der Waals surface area contributed by atoms with E-state index in [1.165, 1.54) is 23.9 Å². The van der Waals surface area contributed by atoms with Crippen LogP contribution in [-0.2, 0) is 17.9 Å². The second kappa shape index (κ2) is 8.81. The summed E-state index contributed by atoms with van der Waals surface area (Å²) < 4.78 is 14.9. The standard InChI is InChI=1S/C20H21FN4OS/c1-3-25-18(16-7-5-4-6-8-16)23-24-20(25)27-14(2)19(26)22-13-15-9-11-17(21)12-10-15/h4-12,14H,3,13H2,1-2H3,(H,22,26)/t14-/m1/s1. The molecule has 27 heavy (non-hydrogen) atoms. The van der Waals surface area contributed by atoms with E-state index in [0.29, 0.717) is 18.2 Å². The summed E-state index contributed by atoms with van der Waals surface area (Å²) in [7, 11) is 0. The summed E-state index contributed by atoms with van der Waals surface area (Å²) in [6, 6.07) is 15.9. The molecule has 5 nitrogen and oxygen atoms in total. The minimum absolute atomic E-state index is 0.101. The molecule has 0 unspecified atom stereocenters. The average molecular weight is 384 g/mol. The first-order valence-electron chi connectivity index (χ1n) is 8.76. The van der Waals surface area contributed by atoms with Crippen molar-refractivity contribution in [2.75, 3.05) is 0 Å².